The van der Waals surface area contributed by atoms with Crippen molar-refractivity contribution in [1.82, 2.24) is 0 Å². The van der Waals surface area contributed by atoms with Crippen molar-refractivity contribution in [1.29, 1.82) is 0 Å². The van der Waals surface area contributed by atoms with Crippen LogP contribution < -0.4 is 4.74 Å². The quantitative estimate of drug-likeness (QED) is 0.777. The Hall–Kier alpha value is -0.340. The third-order valence-corrected chi connectivity index (χ3v) is 7.03. The molecule has 0 saturated carbocycles. The second-order valence-corrected chi connectivity index (χ2v) is 8.92. The topological polar surface area (TPSA) is 63.6 Å². The molecule has 0 amide bonds. The average Bonchev–Trinajstić information content (AvgIpc) is 2.38. The Morgan fingerprint density at radius 3 is 2.25 bits per heavy atom. The van der Waals surface area contributed by atoms with E-state index >= 15 is 0 Å². The molecule has 1 heterocycles. The predicted molar refractivity (Wildman–Crippen MR) is 87.0 cm³/mol. The Morgan fingerprint density at radius 2 is 1.75 bits per heavy atom. The van der Waals surface area contributed by atoms with Crippen LogP contribution in [0.15, 0.2) is 12.1 Å². The van der Waals surface area contributed by atoms with E-state index in [1.54, 1.807) is 0 Å². The molecule has 1 fully saturated rings. The van der Waals surface area contributed by atoms with Gasteiger partial charge in [-0.15, -0.1) is 0 Å². The van der Waals surface area contributed by atoms with Crippen molar-refractivity contribution in [3.63, 3.8) is 0 Å². The highest BCUT2D eigenvalue weighted by Gasteiger charge is 2.36. The Morgan fingerprint density at radius 1 is 1.25 bits per heavy atom. The smallest absolute Gasteiger partial charge is 0.150 e. The van der Waals surface area contributed by atoms with Gasteiger partial charge in [0.25, 0.3) is 0 Å². The van der Waals surface area contributed by atoms with Crippen molar-refractivity contribution in [2.75, 3.05) is 18.1 Å². The SMILES string of the molecule is Cc1cc(OCC2(O)CCS(=O)(=O)CC2)cc(C)c1I. The molecule has 0 aliphatic carbocycles. The van der Waals surface area contributed by atoms with Crippen LogP contribution in [0.5, 0.6) is 5.75 Å². The number of aryl methyl sites for hydroxylation is 2. The van der Waals surface area contributed by atoms with Gasteiger partial charge in [-0.2, -0.15) is 0 Å². The normalized spacial score (nSPS) is 20.6. The molecule has 1 saturated heterocycles. The van der Waals surface area contributed by atoms with Gasteiger partial charge in [-0.25, -0.2) is 8.42 Å². The lowest BCUT2D eigenvalue weighted by Gasteiger charge is -2.31. The lowest BCUT2D eigenvalue weighted by atomic mass is 9.98. The number of ether oxygens (including phenoxy) is 1. The van der Waals surface area contributed by atoms with E-state index in [0.717, 1.165) is 16.9 Å². The van der Waals surface area contributed by atoms with Crippen molar-refractivity contribution in [3.8, 4) is 5.75 Å². The minimum Gasteiger partial charge on any atom is -0.491 e. The van der Waals surface area contributed by atoms with Crippen LogP contribution in [0, 0.1) is 17.4 Å². The van der Waals surface area contributed by atoms with Gasteiger partial charge < -0.3 is 9.84 Å². The maximum atomic E-state index is 11.4. The largest absolute Gasteiger partial charge is 0.491 e. The summed E-state index contributed by atoms with van der Waals surface area (Å²) in [7, 11) is -2.97. The van der Waals surface area contributed by atoms with Crippen LogP contribution in [-0.4, -0.2) is 37.2 Å². The van der Waals surface area contributed by atoms with Crippen molar-refractivity contribution >= 4 is 32.4 Å². The van der Waals surface area contributed by atoms with Gasteiger partial charge in [0, 0.05) is 3.57 Å². The molecule has 0 unspecified atom stereocenters. The molecule has 4 nitrogen and oxygen atoms in total. The molecule has 1 aliphatic heterocycles. The van der Waals surface area contributed by atoms with Gasteiger partial charge in [-0.05, 0) is 72.5 Å². The molecule has 0 radical (unpaired) electrons. The van der Waals surface area contributed by atoms with E-state index in [0.29, 0.717) is 0 Å². The summed E-state index contributed by atoms with van der Waals surface area (Å²) < 4.78 is 29.7. The summed E-state index contributed by atoms with van der Waals surface area (Å²) in [6.07, 6.45) is 0.495. The van der Waals surface area contributed by atoms with E-state index < -0.39 is 15.4 Å². The highest BCUT2D eigenvalue weighted by Crippen LogP contribution is 2.27. The average molecular weight is 410 g/mol. The van der Waals surface area contributed by atoms with Crippen LogP contribution in [-0.2, 0) is 9.84 Å². The minimum atomic E-state index is -2.97. The summed E-state index contributed by atoms with van der Waals surface area (Å²) in [5.41, 5.74) is 1.24. The van der Waals surface area contributed by atoms with Crippen LogP contribution in [0.25, 0.3) is 0 Å². The van der Waals surface area contributed by atoms with Crippen molar-refractivity contribution < 1.29 is 18.3 Å². The summed E-state index contributed by atoms with van der Waals surface area (Å²) in [4.78, 5) is 0. The molecular formula is C14H19IO4S. The Bertz CT molecular complexity index is 573. The number of halogens is 1. The number of aliphatic hydroxyl groups is 1. The fraction of sp³-hybridized carbons (Fsp3) is 0.571. The maximum absolute atomic E-state index is 11.4. The van der Waals surface area contributed by atoms with Crippen LogP contribution in [0.4, 0.5) is 0 Å². The molecule has 1 aromatic rings. The molecular weight excluding hydrogens is 391 g/mol. The first kappa shape index (κ1) is 16.0. The predicted octanol–water partition coefficient (Wildman–Crippen LogP) is 2.23. The number of rotatable bonds is 3. The summed E-state index contributed by atoms with van der Waals surface area (Å²) in [6, 6.07) is 3.88. The fourth-order valence-corrected chi connectivity index (χ4v) is 4.17. The van der Waals surface area contributed by atoms with Crippen molar-refractivity contribution in [3.05, 3.63) is 26.8 Å². The lowest BCUT2D eigenvalue weighted by Crippen LogP contribution is -2.43. The van der Waals surface area contributed by atoms with Crippen molar-refractivity contribution in [2.45, 2.75) is 32.3 Å². The third-order valence-electron chi connectivity index (χ3n) is 3.67. The summed E-state index contributed by atoms with van der Waals surface area (Å²) in [5.74, 6) is 0.803. The highest BCUT2D eigenvalue weighted by molar-refractivity contribution is 14.1. The molecule has 0 bridgehead atoms. The fourth-order valence-electron chi connectivity index (χ4n) is 2.27. The zero-order chi connectivity index (χ0) is 15.0. The van der Waals surface area contributed by atoms with Gasteiger partial charge in [-0.1, -0.05) is 0 Å². The summed E-state index contributed by atoms with van der Waals surface area (Å²) >= 11 is 2.29. The standard InChI is InChI=1S/C14H19IO4S/c1-10-7-12(8-11(2)13(10)15)19-9-14(16)3-5-20(17,18)6-4-14/h7-8,16H,3-6,9H2,1-2H3. The maximum Gasteiger partial charge on any atom is 0.150 e. The van der Waals surface area contributed by atoms with E-state index in [4.69, 9.17) is 4.74 Å². The van der Waals surface area contributed by atoms with Gasteiger partial charge in [0.05, 0.1) is 11.5 Å². The summed E-state index contributed by atoms with van der Waals surface area (Å²) in [6.45, 7) is 4.18. The van der Waals surface area contributed by atoms with Crippen LogP contribution in [0.2, 0.25) is 0 Å². The second kappa shape index (κ2) is 5.81. The monoisotopic (exact) mass is 410 g/mol. The van der Waals surface area contributed by atoms with Crippen LogP contribution in [0.3, 0.4) is 0 Å². The number of sulfone groups is 1. The molecule has 6 heteroatoms. The molecule has 0 atom stereocenters. The molecule has 2 rings (SSSR count). The zero-order valence-electron chi connectivity index (χ0n) is 11.6. The van der Waals surface area contributed by atoms with Gasteiger partial charge >= 0.3 is 0 Å². The molecule has 1 aliphatic rings. The lowest BCUT2D eigenvalue weighted by molar-refractivity contribution is -0.0128. The van der Waals surface area contributed by atoms with Crippen LogP contribution >= 0.6 is 22.6 Å². The number of hydrogen-bond acceptors (Lipinski definition) is 4. The van der Waals surface area contributed by atoms with Gasteiger partial charge in [0.15, 0.2) is 9.84 Å². The Balaban J connectivity index is 2.02. The minimum absolute atomic E-state index is 0.0393. The van der Waals surface area contributed by atoms with Crippen LogP contribution in [0.1, 0.15) is 24.0 Å². The van der Waals surface area contributed by atoms with E-state index in [2.05, 4.69) is 22.6 Å². The highest BCUT2D eigenvalue weighted by atomic mass is 127. The Kier molecular flexibility index (Phi) is 4.66. The second-order valence-electron chi connectivity index (χ2n) is 5.54. The zero-order valence-corrected chi connectivity index (χ0v) is 14.6. The van der Waals surface area contributed by atoms with E-state index in [-0.39, 0.29) is 31.0 Å². The van der Waals surface area contributed by atoms with Crippen molar-refractivity contribution in [2.24, 2.45) is 0 Å². The van der Waals surface area contributed by atoms with Gasteiger partial charge in [0.1, 0.15) is 18.0 Å². The van der Waals surface area contributed by atoms with Gasteiger partial charge in [-0.3, -0.25) is 0 Å². The van der Waals surface area contributed by atoms with Gasteiger partial charge in [0.2, 0.25) is 0 Å². The number of benzene rings is 1. The van der Waals surface area contributed by atoms with E-state index in [1.165, 1.54) is 3.57 Å². The first-order chi connectivity index (χ1) is 9.21. The van der Waals surface area contributed by atoms with E-state index in [9.17, 15) is 13.5 Å². The molecule has 112 valence electrons. The molecule has 20 heavy (non-hydrogen) atoms. The molecule has 1 N–H and O–H groups in total. The third kappa shape index (κ3) is 3.85. The summed E-state index contributed by atoms with van der Waals surface area (Å²) in [5, 5.41) is 10.4. The molecule has 0 aromatic heterocycles. The molecule has 1 aromatic carbocycles. The number of hydrogen-bond donors (Lipinski definition) is 1. The van der Waals surface area contributed by atoms with E-state index in [1.807, 2.05) is 26.0 Å². The first-order valence-electron chi connectivity index (χ1n) is 6.53. The Labute approximate surface area is 133 Å². The first-order valence-corrected chi connectivity index (χ1v) is 9.43. The molecule has 0 spiro atoms.